The van der Waals surface area contributed by atoms with Crippen LogP contribution in [0.5, 0.6) is 0 Å². The number of fused-ring (bicyclic) bond motifs is 1. The maximum atomic E-state index is 12.5. The lowest BCUT2D eigenvalue weighted by atomic mass is 9.94. The number of nitrogens with two attached hydrogens (primary N) is 1. The smallest absolute Gasteiger partial charge is 0.410 e. The summed E-state index contributed by atoms with van der Waals surface area (Å²) < 4.78 is 18.0. The Bertz CT molecular complexity index is 1320. The monoisotopic (exact) mass is 555 g/mol. The van der Waals surface area contributed by atoms with Crippen LogP contribution in [-0.2, 0) is 19.0 Å². The molecule has 6 rings (SSSR count). The molecule has 4 fully saturated rings. The molecule has 214 valence electrons. The van der Waals surface area contributed by atoms with Gasteiger partial charge in [0.2, 0.25) is 5.82 Å². The molecule has 0 radical (unpaired) electrons. The standard InChI is InChI=1S/C26H33N7O7/c27-22-18-23(33(13-28-18)25-20(35)19(34)21(40-25)24(36)29-15-4-5-15)31-17(30-22)3-1-2-14-6-9-32(10-7-14)26(37)39-16-8-11-38-12-16/h13-16,19-21,25,34-35H,2,4-12H2,(H,29,36)(H2,27,30,31)/t16?,19-,20?,21+,25-/m1/s1. The highest BCUT2D eigenvalue weighted by Crippen LogP contribution is 2.33. The van der Waals surface area contributed by atoms with E-state index >= 15 is 0 Å². The van der Waals surface area contributed by atoms with Crippen LogP contribution in [0.2, 0.25) is 0 Å². The number of amides is 2. The van der Waals surface area contributed by atoms with Crippen LogP contribution in [0.1, 0.15) is 50.6 Å². The lowest BCUT2D eigenvalue weighted by molar-refractivity contribution is -0.137. The number of likely N-dealkylation sites (tertiary alicyclic amines) is 1. The number of carbonyl (C=O) groups excluding carboxylic acids is 2. The molecule has 3 aliphatic heterocycles. The van der Waals surface area contributed by atoms with E-state index in [4.69, 9.17) is 19.9 Å². The van der Waals surface area contributed by atoms with Gasteiger partial charge in [0.15, 0.2) is 23.8 Å². The number of anilines is 1. The summed E-state index contributed by atoms with van der Waals surface area (Å²) in [6, 6.07) is 0.0865. The van der Waals surface area contributed by atoms with Crippen molar-refractivity contribution < 1.29 is 34.0 Å². The number of aliphatic hydroxyl groups excluding tert-OH is 2. The Balaban J connectivity index is 1.09. The van der Waals surface area contributed by atoms with Crippen molar-refractivity contribution in [1.82, 2.24) is 29.7 Å². The Labute approximate surface area is 230 Å². The number of rotatable bonds is 5. The summed E-state index contributed by atoms with van der Waals surface area (Å²) in [6.07, 6.45) is 0.581. The van der Waals surface area contributed by atoms with Crippen molar-refractivity contribution in [3.8, 4) is 11.8 Å². The predicted octanol–water partition coefficient (Wildman–Crippen LogP) is -0.315. The molecule has 2 aromatic rings. The number of nitrogens with zero attached hydrogens (tertiary/aromatic N) is 5. The van der Waals surface area contributed by atoms with Gasteiger partial charge in [0.1, 0.15) is 23.8 Å². The second-order valence-electron chi connectivity index (χ2n) is 10.8. The molecule has 0 aromatic carbocycles. The number of imidazole rings is 1. The first-order valence-corrected chi connectivity index (χ1v) is 13.7. The molecule has 4 aliphatic rings. The van der Waals surface area contributed by atoms with Crippen LogP contribution in [0.4, 0.5) is 10.6 Å². The van der Waals surface area contributed by atoms with Crippen LogP contribution in [-0.4, -0.2) is 103 Å². The van der Waals surface area contributed by atoms with Gasteiger partial charge in [-0.2, -0.15) is 0 Å². The van der Waals surface area contributed by atoms with Crippen molar-refractivity contribution in [2.24, 2.45) is 5.92 Å². The van der Waals surface area contributed by atoms with Crippen LogP contribution in [0.25, 0.3) is 11.2 Å². The van der Waals surface area contributed by atoms with Gasteiger partial charge in [-0.3, -0.25) is 9.36 Å². The summed E-state index contributed by atoms with van der Waals surface area (Å²) in [5.41, 5.74) is 6.69. The summed E-state index contributed by atoms with van der Waals surface area (Å²) in [4.78, 5) is 39.5. The third-order valence-electron chi connectivity index (χ3n) is 7.76. The predicted molar refractivity (Wildman–Crippen MR) is 138 cm³/mol. The first-order valence-electron chi connectivity index (χ1n) is 13.7. The van der Waals surface area contributed by atoms with Gasteiger partial charge in [-0.25, -0.2) is 19.7 Å². The fourth-order valence-corrected chi connectivity index (χ4v) is 5.21. The molecule has 5 atom stereocenters. The zero-order valence-electron chi connectivity index (χ0n) is 21.9. The Morgan fingerprint density at radius 1 is 1.15 bits per heavy atom. The van der Waals surface area contributed by atoms with Gasteiger partial charge in [-0.05, 0) is 37.5 Å². The van der Waals surface area contributed by atoms with Gasteiger partial charge < -0.3 is 40.4 Å². The minimum Gasteiger partial charge on any atom is -0.444 e. The molecule has 5 heterocycles. The zero-order chi connectivity index (χ0) is 27.8. The van der Waals surface area contributed by atoms with Crippen molar-refractivity contribution in [2.75, 3.05) is 32.0 Å². The number of nitrogens with one attached hydrogen (secondary N) is 1. The summed E-state index contributed by atoms with van der Waals surface area (Å²) in [6.45, 7) is 2.32. The highest BCUT2D eigenvalue weighted by atomic mass is 16.6. The lowest BCUT2D eigenvalue weighted by Gasteiger charge is -2.31. The highest BCUT2D eigenvalue weighted by molar-refractivity contribution is 5.83. The van der Waals surface area contributed by atoms with E-state index in [1.165, 1.54) is 10.9 Å². The molecule has 2 aromatic heterocycles. The molecule has 14 nitrogen and oxygen atoms in total. The van der Waals surface area contributed by atoms with E-state index in [0.717, 1.165) is 32.1 Å². The zero-order valence-corrected chi connectivity index (χ0v) is 21.9. The van der Waals surface area contributed by atoms with Gasteiger partial charge in [0.25, 0.3) is 5.91 Å². The molecule has 3 saturated heterocycles. The molecule has 1 aliphatic carbocycles. The lowest BCUT2D eigenvalue weighted by Crippen LogP contribution is -2.43. The number of nitrogen functional groups attached to an aromatic ring is 1. The molecule has 40 heavy (non-hydrogen) atoms. The molecule has 2 unspecified atom stereocenters. The maximum Gasteiger partial charge on any atom is 0.410 e. The van der Waals surface area contributed by atoms with E-state index in [0.29, 0.717) is 44.2 Å². The van der Waals surface area contributed by atoms with Crippen LogP contribution < -0.4 is 11.1 Å². The van der Waals surface area contributed by atoms with E-state index < -0.39 is 30.4 Å². The number of piperidine rings is 1. The number of hydrogen-bond donors (Lipinski definition) is 4. The number of carbonyl (C=O) groups is 2. The Hall–Kier alpha value is -3.51. The normalized spacial score (nSPS) is 28.9. The van der Waals surface area contributed by atoms with Crippen molar-refractivity contribution in [2.45, 2.75) is 75.2 Å². The van der Waals surface area contributed by atoms with Crippen LogP contribution >= 0.6 is 0 Å². The van der Waals surface area contributed by atoms with E-state index in [-0.39, 0.29) is 35.5 Å². The minimum absolute atomic E-state index is 0.0865. The van der Waals surface area contributed by atoms with Gasteiger partial charge in [0.05, 0.1) is 19.5 Å². The Kier molecular flexibility index (Phi) is 7.45. The molecular weight excluding hydrogens is 522 g/mol. The molecule has 5 N–H and O–H groups in total. The second-order valence-corrected chi connectivity index (χ2v) is 10.8. The van der Waals surface area contributed by atoms with E-state index in [1.807, 2.05) is 0 Å². The summed E-state index contributed by atoms with van der Waals surface area (Å²) in [5, 5.41) is 23.9. The average Bonchev–Trinajstić information content (AvgIpc) is 3.29. The molecule has 0 bridgehead atoms. The second kappa shape index (κ2) is 11.2. The van der Waals surface area contributed by atoms with Gasteiger partial charge in [0, 0.05) is 32.0 Å². The highest BCUT2D eigenvalue weighted by Gasteiger charge is 2.48. The van der Waals surface area contributed by atoms with Crippen molar-refractivity contribution >= 4 is 29.0 Å². The van der Waals surface area contributed by atoms with Gasteiger partial charge in [-0.15, -0.1) is 0 Å². The average molecular weight is 556 g/mol. The summed E-state index contributed by atoms with van der Waals surface area (Å²) >= 11 is 0. The van der Waals surface area contributed by atoms with Crippen LogP contribution in [0, 0.1) is 17.8 Å². The summed E-state index contributed by atoms with van der Waals surface area (Å²) in [7, 11) is 0. The van der Waals surface area contributed by atoms with E-state index in [1.54, 1.807) is 4.90 Å². The topological polar surface area (TPSA) is 187 Å². The third-order valence-corrected chi connectivity index (χ3v) is 7.76. The SMILES string of the molecule is Nc1nc(C#CCC2CCN(C(=O)OC3CCOC3)CC2)nc2c1ncn2[C@@H]1O[C@H](C(=O)NC2CC2)[C@H](O)C1O. The molecule has 2 amide bonds. The number of aliphatic hydroxyl groups is 2. The van der Waals surface area contributed by atoms with Gasteiger partial charge in [-0.1, -0.05) is 5.92 Å². The first-order chi connectivity index (χ1) is 19.4. The quantitative estimate of drug-likeness (QED) is 0.354. The van der Waals surface area contributed by atoms with E-state index in [2.05, 4.69) is 32.1 Å². The van der Waals surface area contributed by atoms with Crippen molar-refractivity contribution in [1.29, 1.82) is 0 Å². The number of hydrogen-bond acceptors (Lipinski definition) is 11. The van der Waals surface area contributed by atoms with Crippen molar-refractivity contribution in [3.63, 3.8) is 0 Å². The minimum atomic E-state index is -1.41. The fourth-order valence-electron chi connectivity index (χ4n) is 5.21. The molecule has 0 spiro atoms. The Morgan fingerprint density at radius 3 is 2.67 bits per heavy atom. The summed E-state index contributed by atoms with van der Waals surface area (Å²) in [5.74, 6) is 6.24. The van der Waals surface area contributed by atoms with Crippen LogP contribution in [0.3, 0.4) is 0 Å². The molecular formula is C26H33N7O7. The van der Waals surface area contributed by atoms with Crippen LogP contribution in [0.15, 0.2) is 6.33 Å². The molecule has 1 saturated carbocycles. The number of aromatic nitrogens is 4. The van der Waals surface area contributed by atoms with Crippen molar-refractivity contribution in [3.05, 3.63) is 12.2 Å². The molecule has 14 heteroatoms. The fraction of sp³-hybridized carbons (Fsp3) is 0.654. The Morgan fingerprint density at radius 2 is 1.95 bits per heavy atom. The van der Waals surface area contributed by atoms with E-state index in [9.17, 15) is 19.8 Å². The third kappa shape index (κ3) is 5.55. The largest absolute Gasteiger partial charge is 0.444 e. The first kappa shape index (κ1) is 26.7. The number of ether oxygens (including phenoxy) is 3. The van der Waals surface area contributed by atoms with Gasteiger partial charge >= 0.3 is 6.09 Å². The maximum absolute atomic E-state index is 12.5.